The lowest BCUT2D eigenvalue weighted by Gasteiger charge is -2.03. The summed E-state index contributed by atoms with van der Waals surface area (Å²) >= 11 is 4.08. The van der Waals surface area contributed by atoms with Gasteiger partial charge in [0.1, 0.15) is 11.5 Å². The molecule has 0 aliphatic rings. The third kappa shape index (κ3) is 4.32. The number of nitrogens with one attached hydrogen (secondary N) is 1. The zero-order chi connectivity index (χ0) is 16.1. The van der Waals surface area contributed by atoms with Crippen molar-refractivity contribution in [3.8, 4) is 11.5 Å². The number of carbonyl (C=O) groups is 1. The van der Waals surface area contributed by atoms with E-state index in [1.54, 1.807) is 43.5 Å². The zero-order valence-electron chi connectivity index (χ0n) is 11.5. The van der Waals surface area contributed by atoms with Gasteiger partial charge in [0.15, 0.2) is 0 Å². The highest BCUT2D eigenvalue weighted by Gasteiger charge is 2.06. The molecule has 0 atom stereocenters. The van der Waals surface area contributed by atoms with E-state index in [0.717, 1.165) is 12.7 Å². The quantitative estimate of drug-likeness (QED) is 0.368. The molecule has 2 N–H and O–H groups in total. The van der Waals surface area contributed by atoms with Gasteiger partial charge in [-0.2, -0.15) is 5.10 Å². The second-order valence-electron chi connectivity index (χ2n) is 4.26. The van der Waals surface area contributed by atoms with Gasteiger partial charge in [0.25, 0.3) is 5.91 Å². The van der Waals surface area contributed by atoms with Crippen LogP contribution in [0.1, 0.15) is 15.9 Å². The SMILES string of the molecule is COc1ccc(C(=O)N/N=C/c2cc(I)c(O)c(I)c2)cc1. The molecule has 0 heterocycles. The van der Waals surface area contributed by atoms with Gasteiger partial charge in [0, 0.05) is 5.56 Å². The highest BCUT2D eigenvalue weighted by Crippen LogP contribution is 2.26. The fraction of sp³-hybridized carbons (Fsp3) is 0.0667. The zero-order valence-corrected chi connectivity index (χ0v) is 15.8. The number of amides is 1. The summed E-state index contributed by atoms with van der Waals surface area (Å²) in [5.41, 5.74) is 3.75. The summed E-state index contributed by atoms with van der Waals surface area (Å²) < 4.78 is 6.49. The molecule has 2 rings (SSSR count). The Morgan fingerprint density at radius 1 is 1.23 bits per heavy atom. The molecule has 0 aliphatic carbocycles. The summed E-state index contributed by atoms with van der Waals surface area (Å²) in [6, 6.07) is 10.3. The molecule has 2 aromatic rings. The lowest BCUT2D eigenvalue weighted by molar-refractivity contribution is 0.0955. The van der Waals surface area contributed by atoms with Crippen molar-refractivity contribution in [3.63, 3.8) is 0 Å². The van der Waals surface area contributed by atoms with Gasteiger partial charge < -0.3 is 9.84 Å². The Hall–Kier alpha value is -1.36. The van der Waals surface area contributed by atoms with E-state index in [0.29, 0.717) is 11.3 Å². The van der Waals surface area contributed by atoms with Crippen molar-refractivity contribution in [1.82, 2.24) is 5.43 Å². The van der Waals surface area contributed by atoms with E-state index >= 15 is 0 Å². The van der Waals surface area contributed by atoms with E-state index in [9.17, 15) is 9.90 Å². The maximum absolute atomic E-state index is 11.9. The van der Waals surface area contributed by atoms with Crippen LogP contribution in [0.2, 0.25) is 0 Å². The number of hydrazone groups is 1. The molecule has 0 bridgehead atoms. The van der Waals surface area contributed by atoms with Crippen LogP contribution in [0.5, 0.6) is 11.5 Å². The van der Waals surface area contributed by atoms with Gasteiger partial charge in [0.2, 0.25) is 0 Å². The summed E-state index contributed by atoms with van der Waals surface area (Å²) in [5.74, 6) is 0.635. The summed E-state index contributed by atoms with van der Waals surface area (Å²) in [7, 11) is 1.57. The summed E-state index contributed by atoms with van der Waals surface area (Å²) in [5, 5.41) is 13.6. The van der Waals surface area contributed by atoms with Gasteiger partial charge >= 0.3 is 0 Å². The fourth-order valence-electron chi connectivity index (χ4n) is 1.63. The van der Waals surface area contributed by atoms with E-state index in [2.05, 4.69) is 10.5 Å². The first-order valence-electron chi connectivity index (χ1n) is 6.16. The number of nitrogens with zero attached hydrogens (tertiary/aromatic N) is 1. The Labute approximate surface area is 155 Å². The Balaban J connectivity index is 2.03. The molecule has 0 saturated carbocycles. The number of aromatic hydroxyl groups is 1. The van der Waals surface area contributed by atoms with Crippen molar-refractivity contribution in [2.45, 2.75) is 0 Å². The lowest BCUT2D eigenvalue weighted by atomic mass is 10.2. The number of hydrogen-bond donors (Lipinski definition) is 2. The van der Waals surface area contributed by atoms with Gasteiger partial charge in [0.05, 0.1) is 20.5 Å². The molecule has 7 heteroatoms. The Bertz CT molecular complexity index is 692. The first-order valence-corrected chi connectivity index (χ1v) is 8.32. The number of hydrogen-bond acceptors (Lipinski definition) is 4. The first-order chi connectivity index (χ1) is 10.5. The number of halogens is 2. The molecule has 114 valence electrons. The molecule has 22 heavy (non-hydrogen) atoms. The van der Waals surface area contributed by atoms with Crippen LogP contribution in [-0.2, 0) is 0 Å². The second kappa shape index (κ2) is 7.77. The number of benzene rings is 2. The minimum Gasteiger partial charge on any atom is -0.506 e. The Morgan fingerprint density at radius 2 is 1.82 bits per heavy atom. The third-order valence-electron chi connectivity index (χ3n) is 2.77. The molecule has 2 aromatic carbocycles. The highest BCUT2D eigenvalue weighted by molar-refractivity contribution is 14.1. The number of phenols is 1. The van der Waals surface area contributed by atoms with Crippen LogP contribution in [0.15, 0.2) is 41.5 Å². The van der Waals surface area contributed by atoms with E-state index in [1.807, 2.05) is 45.2 Å². The average molecular weight is 522 g/mol. The van der Waals surface area contributed by atoms with E-state index in [1.165, 1.54) is 6.21 Å². The fourth-order valence-corrected chi connectivity index (χ4v) is 3.45. The third-order valence-corrected chi connectivity index (χ3v) is 4.42. The Morgan fingerprint density at radius 3 is 2.36 bits per heavy atom. The average Bonchev–Trinajstić information content (AvgIpc) is 2.52. The van der Waals surface area contributed by atoms with Gasteiger partial charge in [-0.05, 0) is 87.1 Å². The van der Waals surface area contributed by atoms with Crippen molar-refractivity contribution in [3.05, 3.63) is 54.7 Å². The molecular formula is C15H12I2N2O3. The van der Waals surface area contributed by atoms with Crippen LogP contribution in [-0.4, -0.2) is 24.3 Å². The monoisotopic (exact) mass is 522 g/mol. The van der Waals surface area contributed by atoms with Gasteiger partial charge in [-0.3, -0.25) is 4.79 Å². The van der Waals surface area contributed by atoms with Crippen LogP contribution in [0, 0.1) is 7.14 Å². The molecule has 0 fully saturated rings. The summed E-state index contributed by atoms with van der Waals surface area (Å²) in [4.78, 5) is 11.9. The molecular weight excluding hydrogens is 510 g/mol. The van der Waals surface area contributed by atoms with Crippen molar-refractivity contribution in [1.29, 1.82) is 0 Å². The predicted octanol–water partition coefficient (Wildman–Crippen LogP) is 3.37. The van der Waals surface area contributed by atoms with Crippen LogP contribution >= 0.6 is 45.2 Å². The molecule has 1 amide bonds. The number of methoxy groups -OCH3 is 1. The predicted molar refractivity (Wildman–Crippen MR) is 102 cm³/mol. The molecule has 0 aromatic heterocycles. The summed E-state index contributed by atoms with van der Waals surface area (Å²) in [6.45, 7) is 0. The van der Waals surface area contributed by atoms with E-state index < -0.39 is 0 Å². The number of carbonyl (C=O) groups excluding carboxylic acids is 1. The van der Waals surface area contributed by atoms with E-state index in [-0.39, 0.29) is 11.7 Å². The van der Waals surface area contributed by atoms with Crippen LogP contribution in [0.4, 0.5) is 0 Å². The lowest BCUT2D eigenvalue weighted by Crippen LogP contribution is -2.17. The molecule has 0 saturated heterocycles. The van der Waals surface area contributed by atoms with Crippen LogP contribution in [0.25, 0.3) is 0 Å². The number of phenolic OH excluding ortho intramolecular Hbond substituents is 1. The minimum absolute atomic E-state index is 0.251. The second-order valence-corrected chi connectivity index (χ2v) is 6.59. The molecule has 0 radical (unpaired) electrons. The topological polar surface area (TPSA) is 70.9 Å². The normalized spacial score (nSPS) is 10.7. The maximum atomic E-state index is 11.9. The van der Waals surface area contributed by atoms with Gasteiger partial charge in [-0.15, -0.1) is 0 Å². The van der Waals surface area contributed by atoms with Gasteiger partial charge in [-0.1, -0.05) is 0 Å². The summed E-state index contributed by atoms with van der Waals surface area (Å²) in [6.07, 6.45) is 1.53. The minimum atomic E-state index is -0.304. The molecule has 0 unspecified atom stereocenters. The van der Waals surface area contributed by atoms with Crippen molar-refractivity contribution in [2.24, 2.45) is 5.10 Å². The standard InChI is InChI=1S/C15H12I2N2O3/c1-22-11-4-2-10(3-5-11)15(21)19-18-8-9-6-12(16)14(20)13(17)7-9/h2-8,20H,1H3,(H,19,21)/b18-8+. The van der Waals surface area contributed by atoms with Crippen molar-refractivity contribution < 1.29 is 14.6 Å². The Kier molecular flexibility index (Phi) is 6.00. The first kappa shape index (κ1) is 17.0. The van der Waals surface area contributed by atoms with Crippen LogP contribution < -0.4 is 10.2 Å². The van der Waals surface area contributed by atoms with Gasteiger partial charge in [-0.25, -0.2) is 5.43 Å². The van der Waals surface area contributed by atoms with Crippen molar-refractivity contribution >= 4 is 57.3 Å². The molecule has 0 spiro atoms. The van der Waals surface area contributed by atoms with Crippen LogP contribution in [0.3, 0.4) is 0 Å². The van der Waals surface area contributed by atoms with E-state index in [4.69, 9.17) is 4.74 Å². The maximum Gasteiger partial charge on any atom is 0.271 e. The number of rotatable bonds is 4. The smallest absolute Gasteiger partial charge is 0.271 e. The highest BCUT2D eigenvalue weighted by atomic mass is 127. The van der Waals surface area contributed by atoms with Crippen molar-refractivity contribution in [2.75, 3.05) is 7.11 Å². The largest absolute Gasteiger partial charge is 0.506 e. The molecule has 5 nitrogen and oxygen atoms in total. The number of ether oxygens (including phenoxy) is 1. The molecule has 0 aliphatic heterocycles.